The van der Waals surface area contributed by atoms with Crippen LogP contribution in [0.25, 0.3) is 0 Å². The Bertz CT molecular complexity index is 1140. The highest BCUT2D eigenvalue weighted by Gasteiger charge is 2.32. The number of aromatic nitrogens is 2. The highest BCUT2D eigenvalue weighted by molar-refractivity contribution is 5.96. The third kappa shape index (κ3) is 5.77. The molecule has 37 heavy (non-hydrogen) atoms. The maximum atomic E-state index is 12.1. The van der Waals surface area contributed by atoms with Gasteiger partial charge in [-0.25, -0.2) is 9.97 Å². The summed E-state index contributed by atoms with van der Waals surface area (Å²) < 4.78 is 0. The van der Waals surface area contributed by atoms with Crippen LogP contribution >= 0.6 is 0 Å². The summed E-state index contributed by atoms with van der Waals surface area (Å²) >= 11 is 0. The van der Waals surface area contributed by atoms with E-state index >= 15 is 0 Å². The first kappa shape index (κ1) is 25.2. The van der Waals surface area contributed by atoms with Crippen LogP contribution in [-0.2, 0) is 4.79 Å². The molecule has 3 aliphatic rings. The Kier molecular flexibility index (Phi) is 7.41. The number of carbonyl (C=O) groups is 2. The molecule has 2 amide bonds. The zero-order valence-electron chi connectivity index (χ0n) is 21.5. The van der Waals surface area contributed by atoms with Crippen molar-refractivity contribution in [3.63, 3.8) is 0 Å². The third-order valence-corrected chi connectivity index (χ3v) is 8.03. The lowest BCUT2D eigenvalue weighted by Gasteiger charge is -2.40. The molecule has 1 saturated carbocycles. The molecule has 2 atom stereocenters. The van der Waals surface area contributed by atoms with Crippen molar-refractivity contribution in [3.05, 3.63) is 54.4 Å². The maximum absolute atomic E-state index is 12.1. The van der Waals surface area contributed by atoms with Gasteiger partial charge in [-0.05, 0) is 88.2 Å². The molecule has 0 unspecified atom stereocenters. The molecule has 2 aromatic rings. The van der Waals surface area contributed by atoms with Gasteiger partial charge < -0.3 is 26.2 Å². The summed E-state index contributed by atoms with van der Waals surface area (Å²) in [5.41, 5.74) is 7.90. The van der Waals surface area contributed by atoms with Crippen LogP contribution in [0.4, 0.5) is 17.3 Å². The van der Waals surface area contributed by atoms with Crippen LogP contribution in [0, 0.1) is 0 Å². The van der Waals surface area contributed by atoms with Crippen molar-refractivity contribution < 1.29 is 9.59 Å². The van der Waals surface area contributed by atoms with Crippen molar-refractivity contribution >= 4 is 29.1 Å². The van der Waals surface area contributed by atoms with Gasteiger partial charge in [-0.3, -0.25) is 9.59 Å². The number of benzene rings is 1. The van der Waals surface area contributed by atoms with Crippen molar-refractivity contribution in [3.8, 4) is 0 Å². The second-order valence-electron chi connectivity index (χ2n) is 10.5. The number of carbonyl (C=O) groups excluding carboxylic acids is 2. The van der Waals surface area contributed by atoms with E-state index in [-0.39, 0.29) is 23.7 Å². The lowest BCUT2D eigenvalue weighted by molar-refractivity contribution is -0.117. The fourth-order valence-corrected chi connectivity index (χ4v) is 5.70. The molecule has 3 fully saturated rings. The molecular weight excluding hydrogens is 466 g/mol. The van der Waals surface area contributed by atoms with E-state index in [0.29, 0.717) is 17.6 Å². The van der Waals surface area contributed by atoms with Crippen molar-refractivity contribution in [2.24, 2.45) is 5.73 Å². The number of nitrogens with one attached hydrogen (secondary N) is 2. The minimum atomic E-state index is -0.636. The molecule has 9 heteroatoms. The Morgan fingerprint density at radius 1 is 1.08 bits per heavy atom. The van der Waals surface area contributed by atoms with Gasteiger partial charge in [0, 0.05) is 30.4 Å². The van der Waals surface area contributed by atoms with Crippen molar-refractivity contribution in [2.45, 2.75) is 69.5 Å². The molecule has 1 aromatic heterocycles. The molecule has 2 aliphatic heterocycles. The average molecular weight is 504 g/mol. The summed E-state index contributed by atoms with van der Waals surface area (Å²) in [5.74, 6) is 0.733. The van der Waals surface area contributed by atoms with E-state index in [9.17, 15) is 9.59 Å². The number of nitrogens with zero attached hydrogens (tertiary/aromatic N) is 4. The average Bonchev–Trinajstić information content (AvgIpc) is 3.76. The minimum Gasteiger partial charge on any atom is -0.364 e. The summed E-state index contributed by atoms with van der Waals surface area (Å²) in [6.45, 7) is 8.75. The number of hydrogen-bond acceptors (Lipinski definition) is 7. The molecule has 196 valence electrons. The molecule has 2 saturated heterocycles. The molecule has 9 nitrogen and oxygen atoms in total. The quantitative estimate of drug-likeness (QED) is 0.473. The first-order valence-corrected chi connectivity index (χ1v) is 13.4. The summed E-state index contributed by atoms with van der Waals surface area (Å²) in [6.07, 6.45) is 9.78. The van der Waals surface area contributed by atoms with E-state index in [1.165, 1.54) is 50.4 Å². The molecule has 0 spiro atoms. The van der Waals surface area contributed by atoms with Gasteiger partial charge in [0.2, 0.25) is 5.91 Å². The van der Waals surface area contributed by atoms with Crippen LogP contribution in [0.3, 0.4) is 0 Å². The molecule has 4 N–H and O–H groups in total. The van der Waals surface area contributed by atoms with Crippen LogP contribution in [0.1, 0.15) is 67.4 Å². The fourth-order valence-electron chi connectivity index (χ4n) is 5.70. The van der Waals surface area contributed by atoms with Crippen molar-refractivity contribution in [1.29, 1.82) is 0 Å². The number of piperidine rings is 2. The van der Waals surface area contributed by atoms with Gasteiger partial charge in [-0.1, -0.05) is 18.7 Å². The SMILES string of the molecule is C=CC(=O)N[C@@H]1CCCN(c2cnc(C(N)=O)c(Nc3ccc(C4CCN(C5CC5)CC4)cc3)n2)[C@@H]1C. The van der Waals surface area contributed by atoms with Crippen LogP contribution in [0.2, 0.25) is 0 Å². The standard InChI is InChI=1S/C28H37N7O2/c1-3-25(36)32-23-5-4-14-35(18(23)2)24-17-30-26(27(29)37)28(33-24)31-21-8-6-19(7-9-21)20-12-15-34(16-13-20)22-10-11-22/h3,6-9,17-18,20,22-23H,1,4-5,10-16H2,2H3,(H2,29,37)(H,31,33)(H,32,36)/t18-,23-/m1/s1. The Balaban J connectivity index is 1.30. The lowest BCUT2D eigenvalue weighted by atomic mass is 9.89. The Hall–Kier alpha value is -3.46. The maximum Gasteiger partial charge on any atom is 0.271 e. The van der Waals surface area contributed by atoms with Crippen LogP contribution in [-0.4, -0.2) is 64.4 Å². The van der Waals surface area contributed by atoms with Gasteiger partial charge in [-0.2, -0.15) is 0 Å². The molecular formula is C28H37N7O2. The monoisotopic (exact) mass is 503 g/mol. The lowest BCUT2D eigenvalue weighted by Crippen LogP contribution is -2.54. The van der Waals surface area contributed by atoms with E-state index in [2.05, 4.69) is 51.1 Å². The van der Waals surface area contributed by atoms with Crippen LogP contribution in [0.5, 0.6) is 0 Å². The third-order valence-electron chi connectivity index (χ3n) is 8.03. The van der Waals surface area contributed by atoms with Crippen molar-refractivity contribution in [2.75, 3.05) is 29.9 Å². The zero-order chi connectivity index (χ0) is 25.9. The molecule has 1 aliphatic carbocycles. The van der Waals surface area contributed by atoms with Crippen LogP contribution in [0.15, 0.2) is 43.1 Å². The Labute approximate surface area is 218 Å². The van der Waals surface area contributed by atoms with Gasteiger partial charge in [0.15, 0.2) is 11.5 Å². The van der Waals surface area contributed by atoms with Gasteiger partial charge in [0.05, 0.1) is 6.20 Å². The van der Waals surface area contributed by atoms with Gasteiger partial charge in [-0.15, -0.1) is 0 Å². The van der Waals surface area contributed by atoms with E-state index < -0.39 is 5.91 Å². The normalized spacial score (nSPS) is 22.9. The molecule has 1 aromatic carbocycles. The van der Waals surface area contributed by atoms with Gasteiger partial charge in [0.1, 0.15) is 5.82 Å². The number of likely N-dealkylation sites (tertiary alicyclic amines) is 1. The largest absolute Gasteiger partial charge is 0.364 e. The topological polar surface area (TPSA) is 116 Å². The number of anilines is 3. The van der Waals surface area contributed by atoms with E-state index in [1.54, 1.807) is 6.20 Å². The van der Waals surface area contributed by atoms with Crippen molar-refractivity contribution in [1.82, 2.24) is 20.2 Å². The smallest absolute Gasteiger partial charge is 0.271 e. The van der Waals surface area contributed by atoms with Gasteiger partial charge in [0.25, 0.3) is 5.91 Å². The number of amides is 2. The Morgan fingerprint density at radius 3 is 2.46 bits per heavy atom. The Morgan fingerprint density at radius 2 is 1.81 bits per heavy atom. The number of nitrogens with two attached hydrogens (primary N) is 1. The predicted molar refractivity (Wildman–Crippen MR) is 145 cm³/mol. The second kappa shape index (κ2) is 10.9. The summed E-state index contributed by atoms with van der Waals surface area (Å²) in [7, 11) is 0. The zero-order valence-corrected chi connectivity index (χ0v) is 21.5. The van der Waals surface area contributed by atoms with E-state index in [4.69, 9.17) is 10.7 Å². The first-order chi connectivity index (χ1) is 17.9. The predicted octanol–water partition coefficient (Wildman–Crippen LogP) is 3.32. The number of rotatable bonds is 8. The van der Waals surface area contributed by atoms with Crippen LogP contribution < -0.4 is 21.3 Å². The second-order valence-corrected chi connectivity index (χ2v) is 10.5. The number of hydrogen-bond donors (Lipinski definition) is 3. The van der Waals surface area contributed by atoms with Gasteiger partial charge >= 0.3 is 0 Å². The molecule has 3 heterocycles. The first-order valence-electron chi connectivity index (χ1n) is 13.4. The fraction of sp³-hybridized carbons (Fsp3) is 0.500. The summed E-state index contributed by atoms with van der Waals surface area (Å²) in [5, 5.41) is 6.27. The molecule has 5 rings (SSSR count). The van der Waals surface area contributed by atoms with E-state index in [0.717, 1.165) is 31.1 Å². The van der Waals surface area contributed by atoms with E-state index in [1.807, 2.05) is 12.1 Å². The molecule has 0 radical (unpaired) electrons. The minimum absolute atomic E-state index is 0.00448. The summed E-state index contributed by atoms with van der Waals surface area (Å²) in [4.78, 5) is 37.8. The highest BCUT2D eigenvalue weighted by atomic mass is 16.2. The highest BCUT2D eigenvalue weighted by Crippen LogP contribution is 2.35. The number of primary amides is 1. The summed E-state index contributed by atoms with van der Waals surface area (Å²) in [6, 6.07) is 9.22. The molecule has 0 bridgehead atoms.